The van der Waals surface area contributed by atoms with Gasteiger partial charge in [-0.3, -0.25) is 0 Å². The Bertz CT molecular complexity index is 732. The number of aliphatic hydroxyl groups excluding tert-OH is 1. The molecule has 0 saturated heterocycles. The van der Waals surface area contributed by atoms with Crippen molar-refractivity contribution >= 4 is 29.8 Å². The van der Waals surface area contributed by atoms with Crippen LogP contribution in [-0.2, 0) is 47.7 Å². The molecule has 0 amide bonds. The van der Waals surface area contributed by atoms with Crippen LogP contribution < -0.4 is 0 Å². The lowest BCUT2D eigenvalue weighted by Gasteiger charge is -2.29. The highest BCUT2D eigenvalue weighted by atomic mass is 16.7. The zero-order chi connectivity index (χ0) is 28.7. The van der Waals surface area contributed by atoms with Gasteiger partial charge in [0.15, 0.2) is 0 Å². The Kier molecular flexibility index (Phi) is 20.3. The fraction of sp³-hybridized carbons (Fsp3) is 0.423. The van der Waals surface area contributed by atoms with Crippen molar-refractivity contribution in [1.29, 1.82) is 0 Å². The summed E-state index contributed by atoms with van der Waals surface area (Å²) in [5.74, 6) is -3.37. The average Bonchev–Trinajstić information content (AvgIpc) is 2.92. The quantitative estimate of drug-likeness (QED) is 0.0925. The molecule has 0 unspecified atom stereocenters. The molecule has 0 atom stereocenters. The van der Waals surface area contributed by atoms with Crippen molar-refractivity contribution in [1.82, 2.24) is 0 Å². The van der Waals surface area contributed by atoms with Gasteiger partial charge < -0.3 is 28.8 Å². The van der Waals surface area contributed by atoms with Gasteiger partial charge in [-0.05, 0) is 6.42 Å². The van der Waals surface area contributed by atoms with Crippen LogP contribution in [0.25, 0.3) is 0 Å². The molecule has 0 spiro atoms. The number of hydrogen-bond donors (Lipinski definition) is 1. The van der Waals surface area contributed by atoms with Crippen LogP contribution in [0.5, 0.6) is 0 Å². The molecule has 0 heterocycles. The van der Waals surface area contributed by atoms with Crippen LogP contribution in [0.4, 0.5) is 0 Å². The molecule has 1 N–H and O–H groups in total. The highest BCUT2D eigenvalue weighted by molar-refractivity contribution is 5.83. The lowest BCUT2D eigenvalue weighted by atomic mass is 9.92. The van der Waals surface area contributed by atoms with Crippen LogP contribution in [0.1, 0.15) is 32.6 Å². The Morgan fingerprint density at radius 3 is 1.30 bits per heavy atom. The van der Waals surface area contributed by atoms with E-state index in [1.807, 2.05) is 0 Å². The van der Waals surface area contributed by atoms with Crippen LogP contribution in [0, 0.1) is 5.41 Å². The number of carbonyl (C=O) groups excluding carboxylic acids is 5. The van der Waals surface area contributed by atoms with Gasteiger partial charge in [-0.2, -0.15) is 0 Å². The van der Waals surface area contributed by atoms with E-state index in [1.165, 1.54) is 0 Å². The van der Waals surface area contributed by atoms with Crippen molar-refractivity contribution in [2.24, 2.45) is 5.41 Å². The molecule has 0 aromatic rings. The summed E-state index contributed by atoms with van der Waals surface area (Å²) in [6, 6.07) is 0. The van der Waals surface area contributed by atoms with Crippen LogP contribution in [0.3, 0.4) is 0 Å². The summed E-state index contributed by atoms with van der Waals surface area (Å²) in [7, 11) is 0. The predicted molar refractivity (Wildman–Crippen MR) is 133 cm³/mol. The van der Waals surface area contributed by atoms with E-state index in [0.717, 1.165) is 49.6 Å². The Morgan fingerprint density at radius 1 is 0.676 bits per heavy atom. The second-order valence-electron chi connectivity index (χ2n) is 7.30. The zero-order valence-corrected chi connectivity index (χ0v) is 21.2. The normalized spacial score (nSPS) is 9.92. The SMILES string of the molecule is C=CC(=O)OC(CCCCC)OC(=O)C=C.C=CC(=O)OCC(CO)(COC(=O)C=C)COC(=O)C=C. The van der Waals surface area contributed by atoms with E-state index in [9.17, 15) is 29.1 Å². The number of hydrogen-bond acceptors (Lipinski definition) is 11. The van der Waals surface area contributed by atoms with E-state index in [4.69, 9.17) is 23.7 Å². The summed E-state index contributed by atoms with van der Waals surface area (Å²) in [5.41, 5.74) is -1.28. The van der Waals surface area contributed by atoms with Gasteiger partial charge in [0, 0.05) is 36.8 Å². The lowest BCUT2D eigenvalue weighted by molar-refractivity contribution is -0.182. The number of ether oxygens (including phenoxy) is 5. The summed E-state index contributed by atoms with van der Waals surface area (Å²) in [5, 5.41) is 9.48. The summed E-state index contributed by atoms with van der Waals surface area (Å²) >= 11 is 0. The summed E-state index contributed by atoms with van der Waals surface area (Å²) < 4.78 is 24.2. The van der Waals surface area contributed by atoms with Crippen LogP contribution in [0.2, 0.25) is 0 Å². The largest absolute Gasteiger partial charge is 0.462 e. The average molecular weight is 525 g/mol. The van der Waals surface area contributed by atoms with Gasteiger partial charge in [0.05, 0.1) is 12.0 Å². The Morgan fingerprint density at radius 2 is 1.03 bits per heavy atom. The maximum absolute atomic E-state index is 11.1. The van der Waals surface area contributed by atoms with Gasteiger partial charge in [0.25, 0.3) is 0 Å². The molecule has 0 rings (SSSR count). The fourth-order valence-electron chi connectivity index (χ4n) is 2.17. The summed E-state index contributed by atoms with van der Waals surface area (Å²) in [6.07, 6.45) is 7.40. The van der Waals surface area contributed by atoms with Gasteiger partial charge in [-0.15, -0.1) is 0 Å². The number of esters is 5. The maximum atomic E-state index is 11.1. The van der Waals surface area contributed by atoms with E-state index in [1.54, 1.807) is 0 Å². The second kappa shape index (κ2) is 21.3. The highest BCUT2D eigenvalue weighted by Gasteiger charge is 2.35. The maximum Gasteiger partial charge on any atom is 0.333 e. The molecule has 0 radical (unpaired) electrons. The molecule has 0 aliphatic rings. The first kappa shape index (κ1) is 35.2. The van der Waals surface area contributed by atoms with Crippen molar-refractivity contribution in [2.45, 2.75) is 38.9 Å². The molecule has 0 fully saturated rings. The van der Waals surface area contributed by atoms with Gasteiger partial charge in [0.1, 0.15) is 19.8 Å². The van der Waals surface area contributed by atoms with Gasteiger partial charge in [-0.25, -0.2) is 24.0 Å². The Hall–Kier alpha value is -3.99. The van der Waals surface area contributed by atoms with Gasteiger partial charge in [-0.1, -0.05) is 52.7 Å². The molecule has 0 bridgehead atoms. The third kappa shape index (κ3) is 18.0. The van der Waals surface area contributed by atoms with Crippen molar-refractivity contribution in [3.8, 4) is 0 Å². The second-order valence-corrected chi connectivity index (χ2v) is 7.30. The van der Waals surface area contributed by atoms with Crippen molar-refractivity contribution < 1.29 is 52.8 Å². The molecule has 0 aliphatic heterocycles. The molecule has 0 aromatic carbocycles. The smallest absolute Gasteiger partial charge is 0.333 e. The van der Waals surface area contributed by atoms with Gasteiger partial charge >= 0.3 is 29.8 Å². The molecule has 11 heteroatoms. The minimum atomic E-state index is -1.28. The Labute approximate surface area is 217 Å². The number of aliphatic hydroxyl groups is 1. The monoisotopic (exact) mass is 524 g/mol. The minimum absolute atomic E-state index is 0.330. The van der Waals surface area contributed by atoms with E-state index in [2.05, 4.69) is 39.8 Å². The van der Waals surface area contributed by atoms with Crippen LogP contribution in [-0.4, -0.2) is 67.7 Å². The summed E-state index contributed by atoms with van der Waals surface area (Å²) in [6.45, 7) is 16.7. The van der Waals surface area contributed by atoms with E-state index >= 15 is 0 Å². The third-order valence-electron chi connectivity index (χ3n) is 4.27. The van der Waals surface area contributed by atoms with E-state index in [0.29, 0.717) is 6.42 Å². The molecule has 0 aliphatic carbocycles. The first-order valence-electron chi connectivity index (χ1n) is 11.2. The first-order chi connectivity index (χ1) is 17.6. The van der Waals surface area contributed by atoms with Crippen molar-refractivity contribution in [3.63, 3.8) is 0 Å². The van der Waals surface area contributed by atoms with E-state index in [-0.39, 0.29) is 19.8 Å². The number of carbonyl (C=O) groups is 5. The van der Waals surface area contributed by atoms with Crippen LogP contribution >= 0.6 is 0 Å². The number of unbranched alkanes of at least 4 members (excludes halogenated alkanes) is 2. The molecule has 0 saturated carbocycles. The topological polar surface area (TPSA) is 152 Å². The van der Waals surface area contributed by atoms with Gasteiger partial charge in [0.2, 0.25) is 6.29 Å². The molecule has 11 nitrogen and oxygen atoms in total. The zero-order valence-electron chi connectivity index (χ0n) is 21.2. The molecule has 206 valence electrons. The summed E-state index contributed by atoms with van der Waals surface area (Å²) in [4.78, 5) is 55.2. The predicted octanol–water partition coefficient (Wildman–Crippen LogP) is 2.50. The standard InChI is InChI=1S/C14H18O7.C12H18O4/c1-4-11(16)19-8-14(7-15,9-20-12(17)5-2)10-21-13(18)6-3;1-4-7-8-9-12(15-10(13)5-2)16-11(14)6-3/h4-6,15H,1-3,7-10H2;5-6,12H,2-4,7-9H2,1H3. The first-order valence-corrected chi connectivity index (χ1v) is 11.2. The Balaban J connectivity index is 0. The molecule has 37 heavy (non-hydrogen) atoms. The van der Waals surface area contributed by atoms with Crippen molar-refractivity contribution in [3.05, 3.63) is 63.3 Å². The molecular formula is C26H36O11. The number of rotatable bonds is 18. The van der Waals surface area contributed by atoms with Crippen LogP contribution in [0.15, 0.2) is 63.3 Å². The third-order valence-corrected chi connectivity index (χ3v) is 4.27. The van der Waals surface area contributed by atoms with Crippen molar-refractivity contribution in [2.75, 3.05) is 26.4 Å². The molecule has 0 aromatic heterocycles. The molecular weight excluding hydrogens is 488 g/mol. The highest BCUT2D eigenvalue weighted by Crippen LogP contribution is 2.19. The minimum Gasteiger partial charge on any atom is -0.462 e. The van der Waals surface area contributed by atoms with E-state index < -0.39 is 48.2 Å². The fourth-order valence-corrected chi connectivity index (χ4v) is 2.17. The lowest BCUT2D eigenvalue weighted by Crippen LogP contribution is -2.42.